The van der Waals surface area contributed by atoms with Gasteiger partial charge in [-0.2, -0.15) is 0 Å². The first-order valence-electron chi connectivity index (χ1n) is 14.6. The van der Waals surface area contributed by atoms with Gasteiger partial charge in [-0.05, 0) is 75.3 Å². The van der Waals surface area contributed by atoms with Gasteiger partial charge in [0, 0.05) is 60.8 Å². The number of nitrogens with zero attached hydrogens (tertiary/aromatic N) is 3. The minimum Gasteiger partial charge on any atom is -0.343 e. The minimum atomic E-state index is 0.00199. The smallest absolute Gasteiger partial charge is 0.226 e. The molecule has 212 valence electrons. The lowest BCUT2D eigenvalue weighted by Gasteiger charge is -2.34. The van der Waals surface area contributed by atoms with E-state index in [-0.39, 0.29) is 5.92 Å². The Morgan fingerprint density at radius 1 is 0.872 bits per heavy atom. The van der Waals surface area contributed by atoms with Crippen molar-refractivity contribution in [3.63, 3.8) is 0 Å². The van der Waals surface area contributed by atoms with Crippen molar-refractivity contribution >= 4 is 35.5 Å². The Hall–Kier alpha value is -2.08. The molecule has 2 amide bonds. The summed E-state index contributed by atoms with van der Waals surface area (Å²) in [5, 5.41) is 1.32. The first-order valence-corrected chi connectivity index (χ1v) is 15.3. The number of halogens is 2. The van der Waals surface area contributed by atoms with E-state index >= 15 is 0 Å². The average molecular weight is 573 g/mol. The summed E-state index contributed by atoms with van der Waals surface area (Å²) in [6.07, 6.45) is 8.60. The summed E-state index contributed by atoms with van der Waals surface area (Å²) in [5.74, 6) is 0.295. The number of aryl methyl sites for hydroxylation is 1. The van der Waals surface area contributed by atoms with Crippen LogP contribution in [0, 0.1) is 12.8 Å². The third-order valence-corrected chi connectivity index (χ3v) is 9.25. The molecule has 5 rings (SSSR count). The molecule has 3 fully saturated rings. The van der Waals surface area contributed by atoms with E-state index in [9.17, 15) is 9.59 Å². The molecule has 39 heavy (non-hydrogen) atoms. The van der Waals surface area contributed by atoms with Crippen molar-refractivity contribution in [2.24, 2.45) is 5.92 Å². The highest BCUT2D eigenvalue weighted by Gasteiger charge is 2.36. The maximum Gasteiger partial charge on any atom is 0.226 e. The number of carbonyl (C=O) groups excluding carboxylic acids is 2. The lowest BCUT2D eigenvalue weighted by molar-refractivity contribution is -0.133. The van der Waals surface area contributed by atoms with Crippen LogP contribution in [0.2, 0.25) is 10.0 Å². The Labute approximate surface area is 244 Å². The van der Waals surface area contributed by atoms with Crippen LogP contribution in [0.3, 0.4) is 0 Å². The topological polar surface area (TPSA) is 43.9 Å². The zero-order chi connectivity index (χ0) is 27.9. The molecule has 0 spiro atoms. The highest BCUT2D eigenvalue weighted by atomic mass is 35.5. The molecular weight excluding hydrogens is 529 g/mol. The van der Waals surface area contributed by atoms with Crippen LogP contribution in [0.5, 0.6) is 0 Å². The van der Waals surface area contributed by atoms with Gasteiger partial charge in [0.1, 0.15) is 0 Å². The van der Waals surface area contributed by atoms with Crippen LogP contribution in [0.25, 0.3) is 11.1 Å². The van der Waals surface area contributed by atoms with Crippen molar-refractivity contribution in [2.75, 3.05) is 32.7 Å². The van der Waals surface area contributed by atoms with Crippen LogP contribution >= 0.6 is 23.2 Å². The van der Waals surface area contributed by atoms with Crippen LogP contribution in [0.15, 0.2) is 36.4 Å². The normalized spacial score (nSPS) is 20.8. The molecule has 0 bridgehead atoms. The molecule has 2 saturated heterocycles. The number of piperazine rings is 1. The lowest BCUT2D eigenvalue weighted by Crippen LogP contribution is -2.48. The SMILES string of the molecule is CC(C)N1CCN(C=O)CC1.Cc1ccc(-c2cc(Cl)c(CC3CCN(C4CCCCC4)C3=O)c(Cl)c2)cc1. The zero-order valence-corrected chi connectivity index (χ0v) is 25.2. The molecule has 2 aromatic carbocycles. The van der Waals surface area contributed by atoms with Crippen LogP contribution < -0.4 is 0 Å². The maximum absolute atomic E-state index is 13.0. The second kappa shape index (κ2) is 14.0. The van der Waals surface area contributed by atoms with Crippen LogP contribution in [0.4, 0.5) is 0 Å². The monoisotopic (exact) mass is 571 g/mol. The summed E-state index contributed by atoms with van der Waals surface area (Å²) in [6, 6.07) is 13.4. The maximum atomic E-state index is 13.0. The fourth-order valence-corrected chi connectivity index (χ4v) is 6.67. The average Bonchev–Trinajstić information content (AvgIpc) is 3.31. The number of carbonyl (C=O) groups is 2. The molecule has 5 nitrogen and oxygen atoms in total. The third-order valence-electron chi connectivity index (χ3n) is 8.57. The van der Waals surface area contributed by atoms with Gasteiger partial charge in [0.25, 0.3) is 0 Å². The highest BCUT2D eigenvalue weighted by Crippen LogP contribution is 2.36. The molecule has 7 heteroatoms. The first kappa shape index (κ1) is 29.9. The zero-order valence-electron chi connectivity index (χ0n) is 23.7. The Bertz CT molecular complexity index is 1080. The molecular formula is C32H43Cl2N3O2. The van der Waals surface area contributed by atoms with Crippen molar-refractivity contribution in [3.8, 4) is 11.1 Å². The number of benzene rings is 2. The molecule has 0 radical (unpaired) electrons. The Kier molecular flexibility index (Phi) is 10.7. The molecule has 1 saturated carbocycles. The summed E-state index contributed by atoms with van der Waals surface area (Å²) < 4.78 is 0. The minimum absolute atomic E-state index is 0.00199. The van der Waals surface area contributed by atoms with E-state index in [1.54, 1.807) is 0 Å². The largest absolute Gasteiger partial charge is 0.343 e. The van der Waals surface area contributed by atoms with E-state index < -0.39 is 0 Å². The van der Waals surface area contributed by atoms with Crippen molar-refractivity contribution < 1.29 is 9.59 Å². The van der Waals surface area contributed by atoms with E-state index in [4.69, 9.17) is 23.2 Å². The number of rotatable bonds is 6. The van der Waals surface area contributed by atoms with Gasteiger partial charge in [-0.1, -0.05) is 72.3 Å². The second-order valence-electron chi connectivity index (χ2n) is 11.6. The molecule has 2 heterocycles. The fourth-order valence-electron chi connectivity index (χ4n) is 6.02. The number of hydrogen-bond donors (Lipinski definition) is 0. The molecule has 1 aliphatic carbocycles. The number of amides is 2. The quantitative estimate of drug-likeness (QED) is 0.355. The van der Waals surface area contributed by atoms with Gasteiger partial charge in [-0.3, -0.25) is 14.5 Å². The van der Waals surface area contributed by atoms with Crippen LogP contribution in [-0.2, 0) is 16.0 Å². The Balaban J connectivity index is 0.000000270. The van der Waals surface area contributed by atoms with Gasteiger partial charge in [0.2, 0.25) is 12.3 Å². The number of likely N-dealkylation sites (tertiary alicyclic amines) is 1. The number of hydrogen-bond acceptors (Lipinski definition) is 3. The summed E-state index contributed by atoms with van der Waals surface area (Å²) >= 11 is 13.2. The van der Waals surface area contributed by atoms with Crippen molar-refractivity contribution in [1.82, 2.24) is 14.7 Å². The van der Waals surface area contributed by atoms with Crippen molar-refractivity contribution in [1.29, 1.82) is 0 Å². The molecule has 2 aromatic rings. The van der Waals surface area contributed by atoms with Gasteiger partial charge < -0.3 is 9.80 Å². The van der Waals surface area contributed by atoms with Crippen molar-refractivity contribution in [3.05, 3.63) is 57.6 Å². The van der Waals surface area contributed by atoms with E-state index in [1.807, 2.05) is 17.0 Å². The highest BCUT2D eigenvalue weighted by molar-refractivity contribution is 6.36. The summed E-state index contributed by atoms with van der Waals surface area (Å²) in [6.45, 7) is 11.2. The standard InChI is InChI=1S/C24H27Cl2NO.C8H16N2O/c1-16-7-9-17(10-8-16)19-14-22(25)21(23(26)15-19)13-18-11-12-27(24(18)28)20-5-3-2-4-6-20;1-8(2)10-5-3-9(7-11)4-6-10/h7-10,14-15,18,20H,2-6,11-13H2,1H3;7-8H,3-6H2,1-2H3. The summed E-state index contributed by atoms with van der Waals surface area (Å²) in [4.78, 5) is 29.7. The van der Waals surface area contributed by atoms with E-state index in [0.29, 0.717) is 34.5 Å². The molecule has 3 aliphatic rings. The molecule has 2 aliphatic heterocycles. The molecule has 1 unspecified atom stereocenters. The summed E-state index contributed by atoms with van der Waals surface area (Å²) in [5.41, 5.74) is 4.24. The van der Waals surface area contributed by atoms with Gasteiger partial charge in [0.05, 0.1) is 0 Å². The van der Waals surface area contributed by atoms with E-state index in [2.05, 4.69) is 54.8 Å². The van der Waals surface area contributed by atoms with Gasteiger partial charge >= 0.3 is 0 Å². The fraction of sp³-hybridized carbons (Fsp3) is 0.562. The molecule has 0 N–H and O–H groups in total. The third kappa shape index (κ3) is 7.77. The molecule has 0 aromatic heterocycles. The molecule has 1 atom stereocenters. The predicted octanol–water partition coefficient (Wildman–Crippen LogP) is 6.86. The Morgan fingerprint density at radius 3 is 2.05 bits per heavy atom. The van der Waals surface area contributed by atoms with E-state index in [0.717, 1.165) is 75.1 Å². The van der Waals surface area contributed by atoms with Crippen molar-refractivity contribution in [2.45, 2.75) is 77.8 Å². The lowest BCUT2D eigenvalue weighted by atomic mass is 9.93. The first-order chi connectivity index (χ1) is 18.8. The van der Waals surface area contributed by atoms with E-state index in [1.165, 1.54) is 24.8 Å². The van der Waals surface area contributed by atoms with Gasteiger partial charge in [0.15, 0.2) is 0 Å². The van der Waals surface area contributed by atoms with Gasteiger partial charge in [-0.15, -0.1) is 0 Å². The predicted molar refractivity (Wildman–Crippen MR) is 161 cm³/mol. The van der Waals surface area contributed by atoms with Crippen LogP contribution in [-0.4, -0.2) is 71.8 Å². The van der Waals surface area contributed by atoms with Gasteiger partial charge in [-0.25, -0.2) is 0 Å². The second-order valence-corrected chi connectivity index (χ2v) is 12.4. The Morgan fingerprint density at radius 2 is 1.49 bits per heavy atom. The van der Waals surface area contributed by atoms with Crippen LogP contribution in [0.1, 0.15) is 63.5 Å². The summed E-state index contributed by atoms with van der Waals surface area (Å²) in [7, 11) is 0.